The molecule has 1 atom stereocenters. The lowest BCUT2D eigenvalue weighted by molar-refractivity contribution is 0.0396. The maximum absolute atomic E-state index is 6.12. The van der Waals surface area contributed by atoms with Gasteiger partial charge in [-0.3, -0.25) is 9.80 Å². The fourth-order valence-corrected chi connectivity index (χ4v) is 4.43. The van der Waals surface area contributed by atoms with Crippen LogP contribution in [0.1, 0.15) is 36.9 Å². The number of nitrogens with zero attached hydrogens (tertiary/aromatic N) is 3. The third kappa shape index (κ3) is 5.08. The number of piperidine rings is 2. The number of likely N-dealkylation sites (tertiary alicyclic amines) is 2. The number of benzene rings is 1. The molecule has 27 heavy (non-hydrogen) atoms. The molecule has 4 rings (SSSR count). The minimum absolute atomic E-state index is 0.305. The van der Waals surface area contributed by atoms with Gasteiger partial charge in [0.15, 0.2) is 0 Å². The average Bonchev–Trinajstić information content (AvgIpc) is 2.70. The van der Waals surface area contributed by atoms with Crippen LogP contribution in [-0.4, -0.2) is 53.1 Å². The summed E-state index contributed by atoms with van der Waals surface area (Å²) in [7, 11) is 0. The van der Waals surface area contributed by atoms with E-state index < -0.39 is 0 Å². The predicted molar refractivity (Wildman–Crippen MR) is 109 cm³/mol. The predicted octanol–water partition coefficient (Wildman–Crippen LogP) is 3.90. The van der Waals surface area contributed by atoms with Crippen LogP contribution in [0.4, 0.5) is 0 Å². The zero-order valence-corrected chi connectivity index (χ0v) is 16.4. The number of aromatic nitrogens is 1. The molecule has 0 spiro atoms. The molecule has 0 N–H and O–H groups in total. The van der Waals surface area contributed by atoms with E-state index in [1.54, 1.807) is 0 Å². The Balaban J connectivity index is 1.26. The van der Waals surface area contributed by atoms with Gasteiger partial charge in [0.1, 0.15) is 6.10 Å². The summed E-state index contributed by atoms with van der Waals surface area (Å²) in [4.78, 5) is 9.81. The van der Waals surface area contributed by atoms with E-state index in [0.717, 1.165) is 44.0 Å². The summed E-state index contributed by atoms with van der Waals surface area (Å²) < 4.78 is 6.12. The molecule has 1 aromatic heterocycles. The van der Waals surface area contributed by atoms with E-state index in [4.69, 9.17) is 4.74 Å². The molecule has 4 heteroatoms. The van der Waals surface area contributed by atoms with Crippen LogP contribution in [0.5, 0.6) is 5.88 Å². The summed E-state index contributed by atoms with van der Waals surface area (Å²) >= 11 is 0. The molecule has 4 nitrogen and oxygen atoms in total. The van der Waals surface area contributed by atoms with Crippen LogP contribution in [-0.2, 0) is 6.54 Å². The van der Waals surface area contributed by atoms with Gasteiger partial charge < -0.3 is 4.74 Å². The van der Waals surface area contributed by atoms with Crippen molar-refractivity contribution in [2.75, 3.05) is 26.2 Å². The van der Waals surface area contributed by atoms with Gasteiger partial charge in [0.05, 0.1) is 0 Å². The van der Waals surface area contributed by atoms with Crippen molar-refractivity contribution >= 4 is 0 Å². The van der Waals surface area contributed by atoms with Gasteiger partial charge in [-0.2, -0.15) is 0 Å². The minimum atomic E-state index is 0.305. The van der Waals surface area contributed by atoms with Crippen LogP contribution in [0.15, 0.2) is 48.5 Å². The molecule has 0 saturated carbocycles. The Bertz CT molecular complexity index is 713. The van der Waals surface area contributed by atoms with Crippen LogP contribution in [0.25, 0.3) is 0 Å². The first-order valence-corrected chi connectivity index (χ1v) is 10.4. The molecule has 2 fully saturated rings. The quantitative estimate of drug-likeness (QED) is 0.803. The SMILES string of the molecule is Cc1cccc(OC2CCN(C3CCCN(Cc4ccccc4)C3)CC2)n1. The Labute approximate surface area is 163 Å². The summed E-state index contributed by atoms with van der Waals surface area (Å²) in [5, 5.41) is 0. The van der Waals surface area contributed by atoms with E-state index in [-0.39, 0.29) is 0 Å². The van der Waals surface area contributed by atoms with Crippen molar-refractivity contribution in [2.24, 2.45) is 0 Å². The topological polar surface area (TPSA) is 28.6 Å². The molecular weight excluding hydrogens is 334 g/mol. The first-order valence-electron chi connectivity index (χ1n) is 10.4. The normalized spacial score (nSPS) is 22.6. The van der Waals surface area contributed by atoms with Crippen LogP contribution in [0.2, 0.25) is 0 Å². The van der Waals surface area contributed by atoms with Gasteiger partial charge in [0, 0.05) is 44.0 Å². The summed E-state index contributed by atoms with van der Waals surface area (Å²) in [6.07, 6.45) is 5.15. The van der Waals surface area contributed by atoms with Crippen LogP contribution in [0, 0.1) is 6.92 Å². The van der Waals surface area contributed by atoms with Crippen molar-refractivity contribution in [1.29, 1.82) is 0 Å². The lowest BCUT2D eigenvalue weighted by Gasteiger charge is -2.42. The highest BCUT2D eigenvalue weighted by atomic mass is 16.5. The van der Waals surface area contributed by atoms with Crippen molar-refractivity contribution in [1.82, 2.24) is 14.8 Å². The molecule has 1 unspecified atom stereocenters. The zero-order valence-electron chi connectivity index (χ0n) is 16.4. The summed E-state index contributed by atoms with van der Waals surface area (Å²) in [6.45, 7) is 7.79. The second-order valence-corrected chi connectivity index (χ2v) is 7.99. The number of ether oxygens (including phenoxy) is 1. The fourth-order valence-electron chi connectivity index (χ4n) is 4.43. The molecule has 2 aliphatic heterocycles. The van der Waals surface area contributed by atoms with Gasteiger partial charge in [0.25, 0.3) is 0 Å². The third-order valence-corrected chi connectivity index (χ3v) is 5.87. The maximum Gasteiger partial charge on any atom is 0.213 e. The van der Waals surface area contributed by atoms with Gasteiger partial charge >= 0.3 is 0 Å². The van der Waals surface area contributed by atoms with Gasteiger partial charge in [-0.05, 0) is 50.8 Å². The smallest absolute Gasteiger partial charge is 0.213 e. The molecule has 0 bridgehead atoms. The van der Waals surface area contributed by atoms with Gasteiger partial charge in [-0.25, -0.2) is 4.98 Å². The van der Waals surface area contributed by atoms with Crippen LogP contribution < -0.4 is 4.74 Å². The highest BCUT2D eigenvalue weighted by molar-refractivity contribution is 5.15. The molecule has 3 heterocycles. The lowest BCUT2D eigenvalue weighted by Crippen LogP contribution is -2.51. The van der Waals surface area contributed by atoms with E-state index in [1.165, 1.54) is 31.5 Å². The van der Waals surface area contributed by atoms with E-state index in [2.05, 4.69) is 45.1 Å². The average molecular weight is 366 g/mol. The van der Waals surface area contributed by atoms with E-state index in [0.29, 0.717) is 12.1 Å². The van der Waals surface area contributed by atoms with Crippen molar-refractivity contribution in [3.05, 3.63) is 59.8 Å². The summed E-state index contributed by atoms with van der Waals surface area (Å²) in [5.74, 6) is 0.778. The molecule has 144 valence electrons. The largest absolute Gasteiger partial charge is 0.474 e. The molecular formula is C23H31N3O. The lowest BCUT2D eigenvalue weighted by atomic mass is 9.99. The molecule has 2 aromatic rings. The van der Waals surface area contributed by atoms with Gasteiger partial charge in [0.2, 0.25) is 5.88 Å². The minimum Gasteiger partial charge on any atom is -0.474 e. The summed E-state index contributed by atoms with van der Waals surface area (Å²) in [6, 6.07) is 17.6. The Morgan fingerprint density at radius 2 is 1.78 bits per heavy atom. The van der Waals surface area contributed by atoms with Crippen molar-refractivity contribution in [3.63, 3.8) is 0 Å². The third-order valence-electron chi connectivity index (χ3n) is 5.87. The summed E-state index contributed by atoms with van der Waals surface area (Å²) in [5.41, 5.74) is 2.45. The Morgan fingerprint density at radius 1 is 0.963 bits per heavy atom. The molecule has 2 saturated heterocycles. The number of pyridine rings is 1. The van der Waals surface area contributed by atoms with E-state index in [9.17, 15) is 0 Å². The maximum atomic E-state index is 6.12. The second-order valence-electron chi connectivity index (χ2n) is 7.99. The second kappa shape index (κ2) is 8.85. The first-order chi connectivity index (χ1) is 13.3. The van der Waals surface area contributed by atoms with E-state index in [1.807, 2.05) is 25.1 Å². The van der Waals surface area contributed by atoms with Gasteiger partial charge in [-0.15, -0.1) is 0 Å². The highest BCUT2D eigenvalue weighted by Gasteiger charge is 2.29. The van der Waals surface area contributed by atoms with Crippen LogP contribution in [0.3, 0.4) is 0 Å². The number of hydrogen-bond donors (Lipinski definition) is 0. The van der Waals surface area contributed by atoms with Crippen molar-refractivity contribution in [3.8, 4) is 5.88 Å². The molecule has 0 radical (unpaired) electrons. The monoisotopic (exact) mass is 365 g/mol. The molecule has 2 aliphatic rings. The first kappa shape index (κ1) is 18.5. The Kier molecular flexibility index (Phi) is 6.05. The molecule has 0 amide bonds. The number of rotatable bonds is 5. The van der Waals surface area contributed by atoms with E-state index >= 15 is 0 Å². The molecule has 1 aromatic carbocycles. The molecule has 0 aliphatic carbocycles. The van der Waals surface area contributed by atoms with Crippen molar-refractivity contribution < 1.29 is 4.74 Å². The van der Waals surface area contributed by atoms with Crippen LogP contribution >= 0.6 is 0 Å². The zero-order chi connectivity index (χ0) is 18.5. The standard InChI is InChI=1S/C23H31N3O/c1-19-7-5-11-23(24-19)27-22-12-15-26(16-13-22)21-10-6-14-25(18-21)17-20-8-3-2-4-9-20/h2-5,7-9,11,21-22H,6,10,12-18H2,1H3. The Morgan fingerprint density at radius 3 is 2.56 bits per heavy atom. The number of hydrogen-bond acceptors (Lipinski definition) is 4. The van der Waals surface area contributed by atoms with Crippen molar-refractivity contribution in [2.45, 2.75) is 51.3 Å². The fraction of sp³-hybridized carbons (Fsp3) is 0.522. The van der Waals surface area contributed by atoms with Gasteiger partial charge in [-0.1, -0.05) is 36.4 Å². The Hall–Kier alpha value is -1.91. The highest BCUT2D eigenvalue weighted by Crippen LogP contribution is 2.23. The number of aryl methyl sites for hydroxylation is 1.